The number of fused-ring (bicyclic) bond motifs is 1. The SMILES string of the molecule is Cc1sc(C)c(P(c2ccccc2)c2ccccc2)c1-c1c(C)c2ccccc2n1P(c1ccccc1)c1ccccc1. The van der Waals surface area contributed by atoms with Gasteiger partial charge >= 0.3 is 0 Å². The first-order valence-corrected chi connectivity index (χ1v) is 18.1. The van der Waals surface area contributed by atoms with Gasteiger partial charge in [0.2, 0.25) is 0 Å². The van der Waals surface area contributed by atoms with Gasteiger partial charge in [-0.05, 0) is 50.9 Å². The summed E-state index contributed by atoms with van der Waals surface area (Å²) in [5.74, 6) is 0. The minimum Gasteiger partial charge on any atom is -0.310 e. The minimum absolute atomic E-state index is 0.768. The predicted molar refractivity (Wildman–Crippen MR) is 193 cm³/mol. The molecule has 0 spiro atoms. The van der Waals surface area contributed by atoms with E-state index in [1.807, 2.05) is 11.3 Å². The first kappa shape index (κ1) is 28.0. The fourth-order valence-electron chi connectivity index (χ4n) is 6.18. The average Bonchev–Trinajstić information content (AvgIpc) is 3.50. The van der Waals surface area contributed by atoms with Crippen LogP contribution in [0.4, 0.5) is 0 Å². The van der Waals surface area contributed by atoms with Gasteiger partial charge in [-0.2, -0.15) is 0 Å². The third kappa shape index (κ3) is 5.09. The van der Waals surface area contributed by atoms with Gasteiger partial charge in [0.05, 0.1) is 19.3 Å². The lowest BCUT2D eigenvalue weighted by atomic mass is 10.1. The van der Waals surface area contributed by atoms with Gasteiger partial charge in [-0.25, -0.2) is 0 Å². The highest BCUT2D eigenvalue weighted by molar-refractivity contribution is 7.80. The van der Waals surface area contributed by atoms with E-state index in [0.717, 1.165) is 0 Å². The summed E-state index contributed by atoms with van der Waals surface area (Å²) in [7, 11) is -1.65. The van der Waals surface area contributed by atoms with Gasteiger partial charge in [0, 0.05) is 36.6 Å². The van der Waals surface area contributed by atoms with Crippen LogP contribution in [0.5, 0.6) is 0 Å². The predicted octanol–water partition coefficient (Wildman–Crippen LogP) is 8.95. The van der Waals surface area contributed by atoms with E-state index in [9.17, 15) is 0 Å². The van der Waals surface area contributed by atoms with Crippen molar-refractivity contribution in [2.24, 2.45) is 0 Å². The van der Waals surface area contributed by atoms with Gasteiger partial charge in [-0.3, -0.25) is 0 Å². The van der Waals surface area contributed by atoms with E-state index in [1.54, 1.807) is 0 Å². The lowest BCUT2D eigenvalue weighted by molar-refractivity contribution is 1.30. The Balaban J connectivity index is 1.59. The van der Waals surface area contributed by atoms with Crippen molar-refractivity contribution >= 4 is 64.8 Å². The van der Waals surface area contributed by atoms with Crippen LogP contribution in [0.1, 0.15) is 15.3 Å². The molecule has 0 fully saturated rings. The number of para-hydroxylation sites is 1. The monoisotopic (exact) mass is 609 g/mol. The van der Waals surface area contributed by atoms with E-state index in [1.165, 1.54) is 64.0 Å². The van der Waals surface area contributed by atoms with E-state index in [4.69, 9.17) is 0 Å². The Labute approximate surface area is 261 Å². The fourth-order valence-corrected chi connectivity index (χ4v) is 12.7. The Morgan fingerprint density at radius 3 is 1.44 bits per heavy atom. The number of aryl methyl sites for hydroxylation is 3. The molecule has 7 rings (SSSR count). The third-order valence-corrected chi connectivity index (χ3v) is 14.2. The number of nitrogens with zero attached hydrogens (tertiary/aromatic N) is 1. The lowest BCUT2D eigenvalue weighted by Gasteiger charge is -2.26. The van der Waals surface area contributed by atoms with Crippen LogP contribution in [0.3, 0.4) is 0 Å². The topological polar surface area (TPSA) is 4.93 Å². The molecule has 0 unspecified atom stereocenters. The van der Waals surface area contributed by atoms with Crippen molar-refractivity contribution in [1.82, 2.24) is 4.34 Å². The Morgan fingerprint density at radius 1 is 0.488 bits per heavy atom. The maximum Gasteiger partial charge on any atom is 0.0599 e. The summed E-state index contributed by atoms with van der Waals surface area (Å²) in [6.45, 7) is 6.99. The zero-order valence-electron chi connectivity index (χ0n) is 24.6. The van der Waals surface area contributed by atoms with Crippen LogP contribution < -0.4 is 26.5 Å². The number of aromatic nitrogens is 1. The standard InChI is InChI=1S/C39H33NP2S/c1-28-35-26-16-17-27-36(35)40(42(33-22-12-6-13-23-33)34-24-14-7-15-25-34)38(28)37-29(2)43-30(3)39(37)41(31-18-8-4-9-19-31)32-20-10-5-11-21-32/h4-27H,1-3H3. The molecule has 4 heteroatoms. The van der Waals surface area contributed by atoms with Crippen molar-refractivity contribution in [3.8, 4) is 11.3 Å². The molecule has 0 aliphatic heterocycles. The number of rotatable bonds is 7. The summed E-state index contributed by atoms with van der Waals surface area (Å²) in [5, 5.41) is 8.29. The van der Waals surface area contributed by atoms with Gasteiger partial charge in [0.1, 0.15) is 0 Å². The van der Waals surface area contributed by atoms with Crippen molar-refractivity contribution < 1.29 is 0 Å². The summed E-state index contributed by atoms with van der Waals surface area (Å²) in [6, 6.07) is 53.5. The third-order valence-electron chi connectivity index (χ3n) is 8.02. The molecule has 0 bridgehead atoms. The number of hydrogen-bond acceptors (Lipinski definition) is 1. The number of hydrogen-bond donors (Lipinski definition) is 0. The largest absolute Gasteiger partial charge is 0.310 e. The molecular weight excluding hydrogens is 576 g/mol. The Hall–Kier alpha value is -3.80. The quantitative estimate of drug-likeness (QED) is 0.159. The molecule has 0 radical (unpaired) electrons. The number of thiophene rings is 1. The highest BCUT2D eigenvalue weighted by atomic mass is 32.1. The normalized spacial score (nSPS) is 11.6. The molecule has 7 aromatic rings. The highest BCUT2D eigenvalue weighted by Crippen LogP contribution is 2.50. The van der Waals surface area contributed by atoms with Gasteiger partial charge in [-0.15, -0.1) is 11.3 Å². The van der Waals surface area contributed by atoms with E-state index in [0.29, 0.717) is 0 Å². The van der Waals surface area contributed by atoms with Crippen LogP contribution >= 0.6 is 27.3 Å². The summed E-state index contributed by atoms with van der Waals surface area (Å²) in [5.41, 5.74) is 5.42. The van der Waals surface area contributed by atoms with Crippen molar-refractivity contribution in [3.63, 3.8) is 0 Å². The molecule has 0 amide bonds. The molecular formula is C39H33NP2S. The van der Waals surface area contributed by atoms with Gasteiger partial charge in [0.25, 0.3) is 0 Å². The molecule has 0 aliphatic rings. The summed E-state index contributed by atoms with van der Waals surface area (Å²) in [6.07, 6.45) is 0. The second kappa shape index (κ2) is 12.1. The molecule has 0 aliphatic carbocycles. The van der Waals surface area contributed by atoms with E-state index >= 15 is 0 Å². The van der Waals surface area contributed by atoms with Gasteiger partial charge < -0.3 is 4.34 Å². The van der Waals surface area contributed by atoms with Crippen LogP contribution in [0.2, 0.25) is 0 Å². The Bertz CT molecular complexity index is 1920. The summed E-state index contributed by atoms with van der Waals surface area (Å²) in [4.78, 5) is 2.79. The smallest absolute Gasteiger partial charge is 0.0599 e. The lowest BCUT2D eigenvalue weighted by Crippen LogP contribution is -2.23. The molecule has 5 aromatic carbocycles. The molecule has 210 valence electrons. The molecule has 2 heterocycles. The van der Waals surface area contributed by atoms with E-state index < -0.39 is 16.0 Å². The molecule has 1 nitrogen and oxygen atoms in total. The van der Waals surface area contributed by atoms with Gasteiger partial charge in [-0.1, -0.05) is 140 Å². The van der Waals surface area contributed by atoms with Crippen LogP contribution in [0.15, 0.2) is 146 Å². The zero-order valence-corrected chi connectivity index (χ0v) is 27.2. The van der Waals surface area contributed by atoms with Crippen molar-refractivity contribution in [1.29, 1.82) is 0 Å². The van der Waals surface area contributed by atoms with Crippen LogP contribution in [0, 0.1) is 20.8 Å². The summed E-state index contributed by atoms with van der Waals surface area (Å²) >= 11 is 1.95. The second-order valence-corrected chi connectivity index (χ2v) is 16.4. The van der Waals surface area contributed by atoms with Gasteiger partial charge in [0.15, 0.2) is 0 Å². The first-order chi connectivity index (χ1) is 21.1. The van der Waals surface area contributed by atoms with E-state index in [2.05, 4.69) is 171 Å². The second-order valence-electron chi connectivity index (χ2n) is 10.7. The highest BCUT2D eigenvalue weighted by Gasteiger charge is 2.31. The van der Waals surface area contributed by atoms with Crippen molar-refractivity contribution in [3.05, 3.63) is 161 Å². The van der Waals surface area contributed by atoms with Crippen molar-refractivity contribution in [2.45, 2.75) is 20.8 Å². The van der Waals surface area contributed by atoms with Crippen LogP contribution in [-0.2, 0) is 0 Å². The molecule has 43 heavy (non-hydrogen) atoms. The molecule has 0 N–H and O–H groups in total. The maximum absolute atomic E-state index is 2.70. The van der Waals surface area contributed by atoms with Crippen molar-refractivity contribution in [2.75, 3.05) is 0 Å². The maximum atomic E-state index is 2.70. The molecule has 0 atom stereocenters. The average molecular weight is 610 g/mol. The Kier molecular flexibility index (Phi) is 7.85. The van der Waals surface area contributed by atoms with E-state index in [-0.39, 0.29) is 0 Å². The van der Waals surface area contributed by atoms with Crippen LogP contribution in [0.25, 0.3) is 22.2 Å². The van der Waals surface area contributed by atoms with Crippen LogP contribution in [-0.4, -0.2) is 4.34 Å². The summed E-state index contributed by atoms with van der Waals surface area (Å²) < 4.78 is 2.70. The first-order valence-electron chi connectivity index (χ1n) is 14.6. The molecule has 0 saturated carbocycles. The number of benzene rings is 5. The zero-order chi connectivity index (χ0) is 29.3. The fraction of sp³-hybridized carbons (Fsp3) is 0.0769. The molecule has 2 aromatic heterocycles. The molecule has 0 saturated heterocycles. The Morgan fingerprint density at radius 2 is 0.930 bits per heavy atom. The minimum atomic E-state index is -0.884.